The van der Waals surface area contributed by atoms with Crippen LogP contribution in [-0.4, -0.2) is 34.8 Å². The fourth-order valence-electron chi connectivity index (χ4n) is 1.67. The minimum Gasteiger partial charge on any atom is -0.311 e. The molecule has 0 saturated carbocycles. The number of aromatic nitrogens is 3. The van der Waals surface area contributed by atoms with Crippen molar-refractivity contribution in [3.63, 3.8) is 0 Å². The summed E-state index contributed by atoms with van der Waals surface area (Å²) in [6, 6.07) is 3.24. The van der Waals surface area contributed by atoms with Crippen molar-refractivity contribution in [2.75, 3.05) is 19.0 Å². The van der Waals surface area contributed by atoms with E-state index in [1.54, 1.807) is 31.1 Å². The van der Waals surface area contributed by atoms with Crippen LogP contribution in [0.3, 0.4) is 0 Å². The predicted octanol–water partition coefficient (Wildman–Crippen LogP) is 3.21. The van der Waals surface area contributed by atoms with Gasteiger partial charge in [0.15, 0.2) is 0 Å². The zero-order valence-corrected chi connectivity index (χ0v) is 12.4. The van der Waals surface area contributed by atoms with Crippen LogP contribution in [0.1, 0.15) is 0 Å². The highest BCUT2D eigenvalue weighted by Crippen LogP contribution is 2.36. The van der Waals surface area contributed by atoms with Crippen LogP contribution in [0.5, 0.6) is 0 Å². The van der Waals surface area contributed by atoms with Gasteiger partial charge in [0.25, 0.3) is 0 Å². The zero-order valence-electron chi connectivity index (χ0n) is 10.2. The van der Waals surface area contributed by atoms with Crippen LogP contribution in [0, 0.1) is 0 Å². The average Bonchev–Trinajstić information content (AvgIpc) is 2.82. The monoisotopic (exact) mass is 317 g/mol. The SMILES string of the molecule is CN=C(N(C)c1c(Cl)cc(Cl)cc1Cl)n1cncn1. The minimum atomic E-state index is 0.432. The van der Waals surface area contributed by atoms with E-state index in [9.17, 15) is 0 Å². The Morgan fingerprint density at radius 1 is 1.26 bits per heavy atom. The summed E-state index contributed by atoms with van der Waals surface area (Å²) in [4.78, 5) is 9.77. The summed E-state index contributed by atoms with van der Waals surface area (Å²) in [5, 5.41) is 5.37. The van der Waals surface area contributed by atoms with Crippen molar-refractivity contribution in [2.24, 2.45) is 4.99 Å². The Bertz CT molecular complexity index is 586. The van der Waals surface area contributed by atoms with E-state index < -0.39 is 0 Å². The zero-order chi connectivity index (χ0) is 14.0. The van der Waals surface area contributed by atoms with Crippen molar-refractivity contribution in [3.8, 4) is 0 Å². The number of hydrogen-bond donors (Lipinski definition) is 0. The fourth-order valence-corrected chi connectivity index (χ4v) is 2.74. The Morgan fingerprint density at radius 2 is 1.89 bits per heavy atom. The molecule has 0 saturated heterocycles. The Balaban J connectivity index is 2.47. The lowest BCUT2D eigenvalue weighted by Gasteiger charge is -2.22. The molecule has 5 nitrogen and oxygen atoms in total. The van der Waals surface area contributed by atoms with E-state index in [0.29, 0.717) is 26.7 Å². The molecule has 0 aliphatic rings. The molecule has 0 N–H and O–H groups in total. The Labute approximate surface area is 125 Å². The van der Waals surface area contributed by atoms with Crippen LogP contribution in [0.25, 0.3) is 0 Å². The molecule has 0 amide bonds. The highest BCUT2D eigenvalue weighted by Gasteiger charge is 2.18. The Morgan fingerprint density at radius 3 is 2.37 bits per heavy atom. The van der Waals surface area contributed by atoms with Gasteiger partial charge in [-0.1, -0.05) is 34.8 Å². The van der Waals surface area contributed by atoms with Crippen LogP contribution in [0.2, 0.25) is 15.1 Å². The van der Waals surface area contributed by atoms with Crippen LogP contribution in [0.4, 0.5) is 5.69 Å². The lowest BCUT2D eigenvalue weighted by Crippen LogP contribution is -2.33. The van der Waals surface area contributed by atoms with Crippen LogP contribution >= 0.6 is 34.8 Å². The summed E-state index contributed by atoms with van der Waals surface area (Å²) in [6.07, 6.45) is 2.96. The third-order valence-corrected chi connectivity index (χ3v) is 3.24. The molecule has 0 fully saturated rings. The van der Waals surface area contributed by atoms with E-state index in [2.05, 4.69) is 15.1 Å². The van der Waals surface area contributed by atoms with Crippen molar-refractivity contribution >= 4 is 46.4 Å². The fraction of sp³-hybridized carbons (Fsp3) is 0.182. The molecule has 0 spiro atoms. The van der Waals surface area contributed by atoms with Crippen molar-refractivity contribution in [1.29, 1.82) is 0 Å². The molecule has 1 heterocycles. The first kappa shape index (κ1) is 14.1. The molecule has 19 heavy (non-hydrogen) atoms. The first-order chi connectivity index (χ1) is 9.04. The van der Waals surface area contributed by atoms with E-state index in [1.165, 1.54) is 17.3 Å². The van der Waals surface area contributed by atoms with Crippen molar-refractivity contribution in [3.05, 3.63) is 39.9 Å². The second kappa shape index (κ2) is 5.77. The van der Waals surface area contributed by atoms with Gasteiger partial charge in [0.2, 0.25) is 5.96 Å². The minimum absolute atomic E-state index is 0.432. The highest BCUT2D eigenvalue weighted by atomic mass is 35.5. The second-order valence-corrected chi connectivity index (χ2v) is 4.89. The van der Waals surface area contributed by atoms with E-state index in [0.717, 1.165) is 0 Å². The van der Waals surface area contributed by atoms with E-state index in [4.69, 9.17) is 34.8 Å². The lowest BCUT2D eigenvalue weighted by atomic mass is 10.3. The maximum Gasteiger partial charge on any atom is 0.227 e. The van der Waals surface area contributed by atoms with Crippen molar-refractivity contribution in [1.82, 2.24) is 14.8 Å². The lowest BCUT2D eigenvalue weighted by molar-refractivity contribution is 0.897. The Kier molecular flexibility index (Phi) is 4.29. The van der Waals surface area contributed by atoms with Gasteiger partial charge in [0, 0.05) is 19.1 Å². The summed E-state index contributed by atoms with van der Waals surface area (Å²) in [7, 11) is 3.43. The van der Waals surface area contributed by atoms with E-state index in [-0.39, 0.29) is 0 Å². The molecule has 2 rings (SSSR count). The van der Waals surface area contributed by atoms with Gasteiger partial charge in [0.05, 0.1) is 15.7 Å². The third-order valence-electron chi connectivity index (χ3n) is 2.44. The van der Waals surface area contributed by atoms with Gasteiger partial charge in [-0.3, -0.25) is 4.99 Å². The van der Waals surface area contributed by atoms with E-state index >= 15 is 0 Å². The van der Waals surface area contributed by atoms with Crippen LogP contribution < -0.4 is 4.90 Å². The summed E-state index contributed by atoms with van der Waals surface area (Å²) < 4.78 is 1.52. The van der Waals surface area contributed by atoms with Gasteiger partial charge >= 0.3 is 0 Å². The molecule has 0 aliphatic carbocycles. The first-order valence-corrected chi connectivity index (χ1v) is 6.38. The number of aliphatic imine (C=N–C) groups is 1. The maximum absolute atomic E-state index is 6.18. The van der Waals surface area contributed by atoms with Crippen LogP contribution in [-0.2, 0) is 0 Å². The van der Waals surface area contributed by atoms with Crippen molar-refractivity contribution < 1.29 is 0 Å². The number of rotatable bonds is 1. The second-order valence-electron chi connectivity index (χ2n) is 3.64. The smallest absolute Gasteiger partial charge is 0.227 e. The normalized spacial score (nSPS) is 11.7. The molecule has 0 aliphatic heterocycles. The van der Waals surface area contributed by atoms with Gasteiger partial charge in [-0.05, 0) is 12.1 Å². The number of nitrogens with zero attached hydrogens (tertiary/aromatic N) is 5. The van der Waals surface area contributed by atoms with Crippen molar-refractivity contribution in [2.45, 2.75) is 0 Å². The molecule has 0 radical (unpaired) electrons. The number of benzene rings is 1. The molecule has 2 aromatic rings. The third kappa shape index (κ3) is 2.83. The molecule has 100 valence electrons. The molecule has 1 aromatic carbocycles. The van der Waals surface area contributed by atoms with E-state index in [1.807, 2.05) is 0 Å². The highest BCUT2D eigenvalue weighted by molar-refractivity contribution is 6.42. The number of hydrogen-bond acceptors (Lipinski definition) is 3. The van der Waals surface area contributed by atoms with Gasteiger partial charge in [0.1, 0.15) is 12.7 Å². The standard InChI is InChI=1S/C11H10Cl3N5/c1-15-11(19-6-16-5-17-19)18(2)10-8(13)3-7(12)4-9(10)14/h3-6H,1-2H3. The maximum atomic E-state index is 6.18. The van der Waals surface area contributed by atoms with Gasteiger partial charge in [-0.2, -0.15) is 9.78 Å². The molecule has 1 aromatic heterocycles. The molecule has 0 atom stereocenters. The van der Waals surface area contributed by atoms with Gasteiger partial charge < -0.3 is 4.90 Å². The summed E-state index contributed by atoms with van der Waals surface area (Å²) >= 11 is 18.3. The summed E-state index contributed by atoms with van der Waals surface area (Å²) in [5.74, 6) is 0.531. The number of halogens is 3. The molecular formula is C11H10Cl3N5. The quantitative estimate of drug-likeness (QED) is 0.599. The molecule has 8 heteroatoms. The average molecular weight is 319 g/mol. The largest absolute Gasteiger partial charge is 0.311 e. The topological polar surface area (TPSA) is 46.3 Å². The first-order valence-electron chi connectivity index (χ1n) is 5.24. The summed E-state index contributed by atoms with van der Waals surface area (Å²) in [5.41, 5.74) is 0.601. The molecular weight excluding hydrogens is 309 g/mol. The van der Waals surface area contributed by atoms with Gasteiger partial charge in [-0.15, -0.1) is 0 Å². The summed E-state index contributed by atoms with van der Waals surface area (Å²) in [6.45, 7) is 0. The Hall–Kier alpha value is -1.30. The van der Waals surface area contributed by atoms with Crippen LogP contribution in [0.15, 0.2) is 29.8 Å². The predicted molar refractivity (Wildman–Crippen MR) is 78.7 cm³/mol. The number of anilines is 1. The van der Waals surface area contributed by atoms with Gasteiger partial charge in [-0.25, -0.2) is 4.98 Å². The molecule has 0 unspecified atom stereocenters. The molecule has 0 bridgehead atoms.